The second-order valence-electron chi connectivity index (χ2n) is 4.42. The van der Waals surface area contributed by atoms with Gasteiger partial charge < -0.3 is 10.1 Å². The third kappa shape index (κ3) is 4.56. The van der Waals surface area contributed by atoms with Crippen molar-refractivity contribution in [2.45, 2.75) is 23.5 Å². The fourth-order valence-corrected chi connectivity index (χ4v) is 2.56. The molecular formula is C14H17N5OS. The highest BCUT2D eigenvalue weighted by Gasteiger charge is 2.08. The number of nitrogens with one attached hydrogen (secondary N) is 2. The van der Waals surface area contributed by atoms with Gasteiger partial charge in [0.1, 0.15) is 11.9 Å². The molecule has 21 heavy (non-hydrogen) atoms. The monoisotopic (exact) mass is 303 g/mol. The van der Waals surface area contributed by atoms with Crippen molar-refractivity contribution in [1.29, 1.82) is 5.26 Å². The Morgan fingerprint density at radius 1 is 1.48 bits per heavy atom. The summed E-state index contributed by atoms with van der Waals surface area (Å²) in [5.41, 5.74) is 1.70. The van der Waals surface area contributed by atoms with Gasteiger partial charge in [-0.3, -0.25) is 5.10 Å². The number of nitrogens with zero attached hydrogens (tertiary/aromatic N) is 3. The highest BCUT2D eigenvalue weighted by Crippen LogP contribution is 2.28. The van der Waals surface area contributed by atoms with E-state index in [0.29, 0.717) is 23.9 Å². The molecule has 0 saturated heterocycles. The number of methoxy groups -OCH3 is 1. The van der Waals surface area contributed by atoms with Gasteiger partial charge in [-0.05, 0) is 36.4 Å². The highest BCUT2D eigenvalue weighted by atomic mass is 32.2. The first-order chi connectivity index (χ1) is 10.2. The fraction of sp³-hybridized carbons (Fsp3) is 0.357. The number of nitriles is 1. The van der Waals surface area contributed by atoms with Crippen LogP contribution in [0, 0.1) is 18.3 Å². The van der Waals surface area contributed by atoms with Crippen molar-refractivity contribution >= 4 is 11.8 Å². The van der Waals surface area contributed by atoms with Gasteiger partial charge in [-0.15, -0.1) is 5.10 Å². The smallest absolute Gasteiger partial charge is 0.213 e. The molecule has 0 spiro atoms. The first kappa shape index (κ1) is 15.5. The van der Waals surface area contributed by atoms with Crippen LogP contribution in [0.1, 0.15) is 17.0 Å². The Labute approximate surface area is 127 Å². The molecule has 2 aromatic rings. The summed E-state index contributed by atoms with van der Waals surface area (Å²) in [7, 11) is 1.67. The summed E-state index contributed by atoms with van der Waals surface area (Å²) in [6.07, 6.45) is 0. The molecule has 0 aliphatic rings. The number of H-pyrrole nitrogens is 1. The molecule has 0 atom stereocenters. The molecule has 0 amide bonds. The van der Waals surface area contributed by atoms with Crippen LogP contribution in [0.4, 0.5) is 0 Å². The number of hydrogen-bond donors (Lipinski definition) is 2. The van der Waals surface area contributed by atoms with E-state index in [9.17, 15) is 5.26 Å². The van der Waals surface area contributed by atoms with Gasteiger partial charge in [0, 0.05) is 25.1 Å². The van der Waals surface area contributed by atoms with Crippen molar-refractivity contribution in [3.63, 3.8) is 0 Å². The molecule has 7 heteroatoms. The van der Waals surface area contributed by atoms with E-state index in [1.54, 1.807) is 7.11 Å². The lowest BCUT2D eigenvalue weighted by atomic mass is 10.1. The Bertz CT molecular complexity index is 635. The number of benzene rings is 1. The predicted molar refractivity (Wildman–Crippen MR) is 80.0 cm³/mol. The summed E-state index contributed by atoms with van der Waals surface area (Å²) >= 11 is 1.38. The quantitative estimate of drug-likeness (QED) is 0.759. The van der Waals surface area contributed by atoms with Gasteiger partial charge in [-0.2, -0.15) is 5.26 Å². The van der Waals surface area contributed by atoms with Crippen LogP contribution in [0.5, 0.6) is 0 Å². The maximum absolute atomic E-state index is 9.28. The third-order valence-electron chi connectivity index (χ3n) is 2.75. The average Bonchev–Trinajstić information content (AvgIpc) is 2.90. The first-order valence-corrected chi connectivity index (χ1v) is 7.34. The Balaban J connectivity index is 2.04. The lowest BCUT2D eigenvalue weighted by molar-refractivity contribution is 0.199. The fourth-order valence-electron chi connectivity index (χ4n) is 1.74. The summed E-state index contributed by atoms with van der Waals surface area (Å²) in [6.45, 7) is 4.01. The summed E-state index contributed by atoms with van der Waals surface area (Å²) < 4.78 is 4.98. The molecule has 2 N–H and O–H groups in total. The molecular weight excluding hydrogens is 286 g/mol. The maximum Gasteiger partial charge on any atom is 0.213 e. The number of ether oxygens (including phenoxy) is 1. The molecule has 0 unspecified atom stereocenters. The summed E-state index contributed by atoms with van der Waals surface area (Å²) in [4.78, 5) is 5.09. The van der Waals surface area contributed by atoms with Gasteiger partial charge in [-0.25, -0.2) is 4.98 Å². The van der Waals surface area contributed by atoms with E-state index in [1.165, 1.54) is 11.8 Å². The van der Waals surface area contributed by atoms with Crippen LogP contribution in [0.3, 0.4) is 0 Å². The molecule has 6 nitrogen and oxygen atoms in total. The van der Waals surface area contributed by atoms with Gasteiger partial charge in [-0.1, -0.05) is 6.07 Å². The molecule has 0 aliphatic carbocycles. The van der Waals surface area contributed by atoms with Gasteiger partial charge in [0.05, 0.1) is 12.2 Å². The van der Waals surface area contributed by atoms with E-state index in [0.717, 1.165) is 22.8 Å². The van der Waals surface area contributed by atoms with Crippen LogP contribution in [-0.4, -0.2) is 35.4 Å². The zero-order valence-corrected chi connectivity index (χ0v) is 12.8. The maximum atomic E-state index is 9.28. The Morgan fingerprint density at radius 2 is 2.33 bits per heavy atom. The minimum absolute atomic E-state index is 0.620. The van der Waals surface area contributed by atoms with Crippen LogP contribution in [-0.2, 0) is 11.3 Å². The van der Waals surface area contributed by atoms with Gasteiger partial charge in [0.25, 0.3) is 0 Å². The first-order valence-electron chi connectivity index (χ1n) is 6.52. The SMILES string of the molecule is COCCNCc1ccc(Sc2n[nH]c(C)n2)c(C#N)c1. The number of aromatic amines is 1. The van der Waals surface area contributed by atoms with Crippen molar-refractivity contribution in [3.05, 3.63) is 35.2 Å². The van der Waals surface area contributed by atoms with E-state index in [1.807, 2.05) is 25.1 Å². The molecule has 1 aromatic heterocycles. The van der Waals surface area contributed by atoms with Crippen LogP contribution in [0.15, 0.2) is 28.3 Å². The van der Waals surface area contributed by atoms with Crippen molar-refractivity contribution < 1.29 is 4.74 Å². The standard InChI is InChI=1S/C14H17N5OS/c1-10-17-14(19-18-10)21-13-4-3-11(7-12(13)8-15)9-16-5-6-20-2/h3-4,7,16H,5-6,9H2,1-2H3,(H,17,18,19). The minimum atomic E-state index is 0.620. The molecule has 110 valence electrons. The lowest BCUT2D eigenvalue weighted by Gasteiger charge is -2.07. The topological polar surface area (TPSA) is 86.6 Å². The Hall–Kier alpha value is -1.88. The summed E-state index contributed by atoms with van der Waals surface area (Å²) in [5.74, 6) is 0.759. The van der Waals surface area contributed by atoms with Gasteiger partial charge in [0.2, 0.25) is 5.16 Å². The Morgan fingerprint density at radius 3 is 3.00 bits per heavy atom. The zero-order chi connectivity index (χ0) is 15.1. The predicted octanol–water partition coefficient (Wildman–Crippen LogP) is 1.87. The molecule has 0 saturated carbocycles. The average molecular weight is 303 g/mol. The zero-order valence-electron chi connectivity index (χ0n) is 12.0. The highest BCUT2D eigenvalue weighted by molar-refractivity contribution is 7.99. The third-order valence-corrected chi connectivity index (χ3v) is 3.70. The number of hydrogen-bond acceptors (Lipinski definition) is 6. The van der Waals surface area contributed by atoms with Crippen LogP contribution < -0.4 is 5.32 Å². The summed E-state index contributed by atoms with van der Waals surface area (Å²) in [6, 6.07) is 8.05. The van der Waals surface area contributed by atoms with E-state index in [-0.39, 0.29) is 0 Å². The summed E-state index contributed by atoms with van der Waals surface area (Å²) in [5, 5.41) is 20.0. The van der Waals surface area contributed by atoms with E-state index >= 15 is 0 Å². The van der Waals surface area contributed by atoms with E-state index < -0.39 is 0 Å². The molecule has 2 rings (SSSR count). The van der Waals surface area contributed by atoms with Crippen molar-refractivity contribution in [2.75, 3.05) is 20.3 Å². The molecule has 1 aromatic carbocycles. The van der Waals surface area contributed by atoms with E-state index in [4.69, 9.17) is 4.74 Å². The van der Waals surface area contributed by atoms with Crippen LogP contribution in [0.25, 0.3) is 0 Å². The van der Waals surface area contributed by atoms with Crippen molar-refractivity contribution in [2.24, 2.45) is 0 Å². The largest absolute Gasteiger partial charge is 0.383 e. The molecule has 0 aliphatic heterocycles. The number of aromatic nitrogens is 3. The van der Waals surface area contributed by atoms with Crippen molar-refractivity contribution in [1.82, 2.24) is 20.5 Å². The lowest BCUT2D eigenvalue weighted by Crippen LogP contribution is -2.18. The second-order valence-corrected chi connectivity index (χ2v) is 5.43. The second kappa shape index (κ2) is 7.78. The van der Waals surface area contributed by atoms with Crippen LogP contribution in [0.2, 0.25) is 0 Å². The molecule has 1 heterocycles. The minimum Gasteiger partial charge on any atom is -0.383 e. The normalized spacial score (nSPS) is 10.5. The van der Waals surface area contributed by atoms with Crippen molar-refractivity contribution in [3.8, 4) is 6.07 Å². The molecule has 0 fully saturated rings. The van der Waals surface area contributed by atoms with Crippen LogP contribution >= 0.6 is 11.8 Å². The van der Waals surface area contributed by atoms with E-state index in [2.05, 4.69) is 26.6 Å². The molecule has 0 bridgehead atoms. The number of rotatable bonds is 7. The number of aryl methyl sites for hydroxylation is 1. The Kier molecular flexibility index (Phi) is 5.75. The molecule has 0 radical (unpaired) electrons. The van der Waals surface area contributed by atoms with Gasteiger partial charge >= 0.3 is 0 Å². The van der Waals surface area contributed by atoms with Gasteiger partial charge in [0.15, 0.2) is 0 Å².